The summed E-state index contributed by atoms with van der Waals surface area (Å²) in [5.74, 6) is -1.44. The monoisotopic (exact) mass is 694 g/mol. The molecular formula is C34H26Cl3FN4O5. The molecule has 0 saturated heterocycles. The van der Waals surface area contributed by atoms with Crippen molar-refractivity contribution in [2.24, 2.45) is 5.73 Å². The standard InChI is InChI=1S/C34H26Cl3FN4O5/c1-33(32(39)44)16-47-30-22(33)13-25(42-29(30)21-8-9-23(38)27(37)26(21)36)34(45,19-6-4-3-5-7-19)15-41-31(43)18-10-17-11-20(35)14-40-28(17)24(12-18)46-2/h3-14,45H,15-16H2,1-2H3,(H2,39,44)(H,41,43)/t33-,34+/m0/s1. The van der Waals surface area contributed by atoms with Crippen molar-refractivity contribution in [3.05, 3.63) is 116 Å². The number of hydrogen-bond acceptors (Lipinski definition) is 7. The van der Waals surface area contributed by atoms with Crippen LogP contribution in [-0.2, 0) is 15.8 Å². The number of nitrogens with one attached hydrogen (secondary N) is 1. The number of benzene rings is 3. The Labute approximate surface area is 283 Å². The van der Waals surface area contributed by atoms with E-state index in [-0.39, 0.29) is 51.5 Å². The maximum atomic E-state index is 14.3. The van der Waals surface area contributed by atoms with Gasteiger partial charge < -0.3 is 25.6 Å². The number of halogens is 4. The molecule has 1 aliphatic rings. The van der Waals surface area contributed by atoms with Gasteiger partial charge in [-0.15, -0.1) is 0 Å². The van der Waals surface area contributed by atoms with Gasteiger partial charge in [-0.1, -0.05) is 65.1 Å². The van der Waals surface area contributed by atoms with Crippen LogP contribution in [0.25, 0.3) is 22.2 Å². The lowest BCUT2D eigenvalue weighted by Gasteiger charge is -2.30. The lowest BCUT2D eigenvalue weighted by atomic mass is 9.80. The van der Waals surface area contributed by atoms with Gasteiger partial charge in [-0.05, 0) is 48.9 Å². The molecular weight excluding hydrogens is 670 g/mol. The first-order valence-corrected chi connectivity index (χ1v) is 15.3. The predicted octanol–water partition coefficient (Wildman–Crippen LogP) is 6.21. The molecule has 13 heteroatoms. The third kappa shape index (κ3) is 5.61. The molecule has 3 heterocycles. The zero-order valence-electron chi connectivity index (χ0n) is 24.9. The highest BCUT2D eigenvalue weighted by molar-refractivity contribution is 6.43. The van der Waals surface area contributed by atoms with E-state index in [1.54, 1.807) is 49.4 Å². The number of hydrogen-bond donors (Lipinski definition) is 3. The second-order valence-electron chi connectivity index (χ2n) is 11.3. The number of fused-ring (bicyclic) bond motifs is 2. The molecule has 5 aromatic rings. The zero-order chi connectivity index (χ0) is 33.7. The van der Waals surface area contributed by atoms with E-state index >= 15 is 0 Å². The lowest BCUT2D eigenvalue weighted by molar-refractivity contribution is -0.123. The molecule has 0 unspecified atom stereocenters. The van der Waals surface area contributed by atoms with Gasteiger partial charge in [-0.2, -0.15) is 0 Å². The van der Waals surface area contributed by atoms with Crippen molar-refractivity contribution in [3.63, 3.8) is 0 Å². The van der Waals surface area contributed by atoms with Crippen LogP contribution in [-0.4, -0.2) is 47.2 Å². The Bertz CT molecular complexity index is 2080. The topological polar surface area (TPSA) is 137 Å². The molecule has 0 bridgehead atoms. The van der Waals surface area contributed by atoms with Crippen LogP contribution in [0.1, 0.15) is 34.1 Å². The van der Waals surface area contributed by atoms with Crippen molar-refractivity contribution in [1.82, 2.24) is 15.3 Å². The molecule has 1 aliphatic heterocycles. The van der Waals surface area contributed by atoms with Crippen LogP contribution in [0.2, 0.25) is 15.1 Å². The molecule has 240 valence electrons. The van der Waals surface area contributed by atoms with Crippen LogP contribution in [0, 0.1) is 5.82 Å². The molecule has 0 fully saturated rings. The number of amides is 2. The van der Waals surface area contributed by atoms with E-state index < -0.39 is 28.6 Å². The van der Waals surface area contributed by atoms with Crippen molar-refractivity contribution in [3.8, 4) is 22.8 Å². The van der Waals surface area contributed by atoms with E-state index in [2.05, 4.69) is 10.3 Å². The number of ether oxygens (including phenoxy) is 2. The maximum absolute atomic E-state index is 14.3. The minimum Gasteiger partial charge on any atom is -0.494 e. The van der Waals surface area contributed by atoms with E-state index in [1.807, 2.05) is 0 Å². The van der Waals surface area contributed by atoms with Crippen LogP contribution in [0.5, 0.6) is 11.5 Å². The number of carbonyl (C=O) groups excluding carboxylic acids is 2. The first kappa shape index (κ1) is 32.5. The van der Waals surface area contributed by atoms with Gasteiger partial charge >= 0.3 is 0 Å². The number of nitrogens with zero attached hydrogens (tertiary/aromatic N) is 2. The highest BCUT2D eigenvalue weighted by Gasteiger charge is 2.46. The molecule has 0 saturated carbocycles. The SMILES string of the molecule is COc1cc(C(=O)NC[C@@](O)(c2ccccc2)c2cc3c(c(-c4ccc(F)c(Cl)c4Cl)n2)OC[C@]3(C)C(N)=O)cc2cc(Cl)cnc12. The van der Waals surface area contributed by atoms with Crippen molar-refractivity contribution in [2.75, 3.05) is 20.3 Å². The van der Waals surface area contributed by atoms with Gasteiger partial charge in [0.05, 0.1) is 34.4 Å². The Hall–Kier alpha value is -4.48. The minimum absolute atomic E-state index is 0.0271. The van der Waals surface area contributed by atoms with E-state index in [1.165, 1.54) is 31.5 Å². The molecule has 2 aromatic heterocycles. The summed E-state index contributed by atoms with van der Waals surface area (Å²) in [4.78, 5) is 35.4. The summed E-state index contributed by atoms with van der Waals surface area (Å²) >= 11 is 18.8. The lowest BCUT2D eigenvalue weighted by Crippen LogP contribution is -2.43. The number of nitrogens with two attached hydrogens (primary N) is 1. The molecule has 2 amide bonds. The zero-order valence-corrected chi connectivity index (χ0v) is 27.2. The van der Waals surface area contributed by atoms with Gasteiger partial charge in [-0.3, -0.25) is 14.6 Å². The summed E-state index contributed by atoms with van der Waals surface area (Å²) < 4.78 is 25.7. The van der Waals surface area contributed by atoms with Crippen molar-refractivity contribution in [2.45, 2.75) is 17.9 Å². The maximum Gasteiger partial charge on any atom is 0.251 e. The summed E-state index contributed by atoms with van der Waals surface area (Å²) in [7, 11) is 1.46. The van der Waals surface area contributed by atoms with Gasteiger partial charge in [0.15, 0.2) is 0 Å². The fourth-order valence-corrected chi connectivity index (χ4v) is 6.11. The Morgan fingerprint density at radius 1 is 1.11 bits per heavy atom. The van der Waals surface area contributed by atoms with E-state index in [4.69, 9.17) is 55.0 Å². The van der Waals surface area contributed by atoms with Crippen LogP contribution in [0.4, 0.5) is 4.39 Å². The third-order valence-electron chi connectivity index (χ3n) is 8.28. The summed E-state index contributed by atoms with van der Waals surface area (Å²) in [5, 5.41) is 15.8. The second kappa shape index (κ2) is 12.3. The minimum atomic E-state index is -1.98. The summed E-state index contributed by atoms with van der Waals surface area (Å²) in [5.41, 5.74) is 4.28. The summed E-state index contributed by atoms with van der Waals surface area (Å²) in [6.07, 6.45) is 1.48. The number of aliphatic hydroxyl groups is 1. The molecule has 3 aromatic carbocycles. The van der Waals surface area contributed by atoms with Crippen LogP contribution in [0.15, 0.2) is 72.9 Å². The number of methoxy groups -OCH3 is 1. The van der Waals surface area contributed by atoms with Gasteiger partial charge in [-0.25, -0.2) is 9.37 Å². The average Bonchev–Trinajstić information content (AvgIpc) is 3.43. The summed E-state index contributed by atoms with van der Waals surface area (Å²) in [6.45, 7) is 1.11. The normalized spacial score (nSPS) is 16.7. The number of rotatable bonds is 8. The van der Waals surface area contributed by atoms with Crippen LogP contribution < -0.4 is 20.5 Å². The van der Waals surface area contributed by atoms with Crippen LogP contribution >= 0.6 is 34.8 Å². The average molecular weight is 696 g/mol. The largest absolute Gasteiger partial charge is 0.494 e. The molecule has 0 radical (unpaired) electrons. The van der Waals surface area contributed by atoms with Gasteiger partial charge in [0, 0.05) is 28.3 Å². The number of carbonyl (C=O) groups is 2. The predicted molar refractivity (Wildman–Crippen MR) is 177 cm³/mol. The van der Waals surface area contributed by atoms with Gasteiger partial charge in [0.25, 0.3) is 5.91 Å². The first-order valence-electron chi connectivity index (χ1n) is 14.2. The van der Waals surface area contributed by atoms with E-state index in [0.29, 0.717) is 32.8 Å². The highest BCUT2D eigenvalue weighted by atomic mass is 35.5. The van der Waals surface area contributed by atoms with Crippen molar-refractivity contribution >= 4 is 57.5 Å². The molecule has 47 heavy (non-hydrogen) atoms. The second-order valence-corrected chi connectivity index (χ2v) is 12.4. The van der Waals surface area contributed by atoms with Crippen LogP contribution in [0.3, 0.4) is 0 Å². The molecule has 6 rings (SSSR count). The van der Waals surface area contributed by atoms with Crippen molar-refractivity contribution in [1.29, 1.82) is 0 Å². The highest BCUT2D eigenvalue weighted by Crippen LogP contribution is 2.48. The molecule has 9 nitrogen and oxygen atoms in total. The number of pyridine rings is 2. The first-order chi connectivity index (χ1) is 22.4. The fraction of sp³-hybridized carbons (Fsp3) is 0.176. The Kier molecular flexibility index (Phi) is 8.48. The van der Waals surface area contributed by atoms with Gasteiger partial charge in [0.2, 0.25) is 5.91 Å². The van der Waals surface area contributed by atoms with E-state index in [0.717, 1.165) is 6.07 Å². The molecule has 0 aliphatic carbocycles. The number of primary amides is 1. The quantitative estimate of drug-likeness (QED) is 0.164. The number of aromatic nitrogens is 2. The van der Waals surface area contributed by atoms with E-state index in [9.17, 15) is 19.1 Å². The molecule has 4 N–H and O–H groups in total. The third-order valence-corrected chi connectivity index (χ3v) is 9.35. The van der Waals surface area contributed by atoms with Crippen molar-refractivity contribution < 1.29 is 28.6 Å². The molecule has 0 spiro atoms. The Morgan fingerprint density at radius 2 is 1.85 bits per heavy atom. The Morgan fingerprint density at radius 3 is 2.55 bits per heavy atom. The Balaban J connectivity index is 1.50. The molecule has 2 atom stereocenters. The smallest absolute Gasteiger partial charge is 0.251 e. The summed E-state index contributed by atoms with van der Waals surface area (Å²) in [6, 6.07) is 17.3. The fourth-order valence-electron chi connectivity index (χ4n) is 5.53. The van der Waals surface area contributed by atoms with Gasteiger partial charge in [0.1, 0.15) is 46.1 Å².